The molecule has 0 heterocycles. The van der Waals surface area contributed by atoms with Crippen LogP contribution in [0.3, 0.4) is 0 Å². The van der Waals surface area contributed by atoms with Gasteiger partial charge in [-0.3, -0.25) is 4.79 Å². The van der Waals surface area contributed by atoms with Crippen LogP contribution in [0.5, 0.6) is 0 Å². The van der Waals surface area contributed by atoms with Crippen LogP contribution in [0.4, 0.5) is 5.69 Å². The molecule has 0 radical (unpaired) electrons. The first-order chi connectivity index (χ1) is 7.18. The van der Waals surface area contributed by atoms with E-state index in [1.54, 1.807) is 0 Å². The first kappa shape index (κ1) is 10.2. The second-order valence-electron chi connectivity index (χ2n) is 4.21. The minimum Gasteiger partial charge on any atom is -0.395 e. The van der Waals surface area contributed by atoms with E-state index in [0.717, 1.165) is 24.1 Å². The largest absolute Gasteiger partial charge is 0.395 e. The molecule has 0 aliphatic heterocycles. The number of rotatable bonds is 3. The van der Waals surface area contributed by atoms with Crippen molar-refractivity contribution in [3.63, 3.8) is 0 Å². The fraction of sp³-hybridized carbons (Fsp3) is 0.417. The predicted octanol–water partition coefficient (Wildman–Crippen LogP) is 1.71. The summed E-state index contributed by atoms with van der Waals surface area (Å²) in [4.78, 5) is 11.8. The van der Waals surface area contributed by atoms with Crippen molar-refractivity contribution in [2.24, 2.45) is 5.41 Å². The van der Waals surface area contributed by atoms with Crippen LogP contribution in [0.1, 0.15) is 18.4 Å². The summed E-state index contributed by atoms with van der Waals surface area (Å²) in [6.45, 7) is 1.90. The number of carbonyl (C=O) groups is 1. The molecule has 1 aromatic carbocycles. The summed E-state index contributed by atoms with van der Waals surface area (Å²) in [6, 6.07) is 7.65. The number of aliphatic hydroxyl groups is 1. The Balaban J connectivity index is 2.10. The van der Waals surface area contributed by atoms with Crippen molar-refractivity contribution in [3.05, 3.63) is 29.8 Å². The Morgan fingerprint density at radius 2 is 2.13 bits per heavy atom. The number of hydrogen-bond donors (Lipinski definition) is 2. The van der Waals surface area contributed by atoms with Gasteiger partial charge in [0.25, 0.3) is 0 Å². The molecule has 3 nitrogen and oxygen atoms in total. The van der Waals surface area contributed by atoms with Gasteiger partial charge in [-0.25, -0.2) is 0 Å². The molecule has 2 N–H and O–H groups in total. The summed E-state index contributed by atoms with van der Waals surface area (Å²) in [5.74, 6) is -0.0562. The fourth-order valence-corrected chi connectivity index (χ4v) is 1.58. The molecule has 0 spiro atoms. The smallest absolute Gasteiger partial charge is 0.232 e. The van der Waals surface area contributed by atoms with E-state index in [2.05, 4.69) is 5.32 Å². The SMILES string of the molecule is Cc1ccccc1NC(=O)C1(CO)CC1. The number of carbonyl (C=O) groups excluding carboxylic acids is 1. The quantitative estimate of drug-likeness (QED) is 0.789. The number of amides is 1. The first-order valence-corrected chi connectivity index (χ1v) is 5.16. The molecule has 15 heavy (non-hydrogen) atoms. The highest BCUT2D eigenvalue weighted by molar-refractivity contribution is 5.97. The van der Waals surface area contributed by atoms with Gasteiger partial charge in [0.05, 0.1) is 12.0 Å². The average Bonchev–Trinajstić information content (AvgIpc) is 3.02. The molecule has 0 saturated heterocycles. The third kappa shape index (κ3) is 1.88. The van der Waals surface area contributed by atoms with E-state index in [1.807, 2.05) is 31.2 Å². The molecule has 0 atom stereocenters. The molecular weight excluding hydrogens is 190 g/mol. The van der Waals surface area contributed by atoms with E-state index in [0.29, 0.717) is 0 Å². The zero-order valence-electron chi connectivity index (χ0n) is 8.79. The van der Waals surface area contributed by atoms with Crippen molar-refractivity contribution in [3.8, 4) is 0 Å². The molecule has 1 aliphatic carbocycles. The lowest BCUT2D eigenvalue weighted by Gasteiger charge is -2.13. The number of para-hydroxylation sites is 1. The first-order valence-electron chi connectivity index (χ1n) is 5.16. The number of hydrogen-bond acceptors (Lipinski definition) is 2. The van der Waals surface area contributed by atoms with Crippen LogP contribution < -0.4 is 5.32 Å². The molecule has 1 fully saturated rings. The molecule has 1 amide bonds. The van der Waals surface area contributed by atoms with Crippen molar-refractivity contribution >= 4 is 11.6 Å². The third-order valence-corrected chi connectivity index (χ3v) is 3.03. The summed E-state index contributed by atoms with van der Waals surface area (Å²) >= 11 is 0. The lowest BCUT2D eigenvalue weighted by Crippen LogP contribution is -2.27. The Morgan fingerprint density at radius 1 is 1.47 bits per heavy atom. The van der Waals surface area contributed by atoms with E-state index in [-0.39, 0.29) is 12.5 Å². The van der Waals surface area contributed by atoms with Gasteiger partial charge in [-0.05, 0) is 31.4 Å². The Morgan fingerprint density at radius 3 is 2.67 bits per heavy atom. The normalized spacial score (nSPS) is 17.2. The van der Waals surface area contributed by atoms with Crippen LogP contribution >= 0.6 is 0 Å². The fourth-order valence-electron chi connectivity index (χ4n) is 1.58. The van der Waals surface area contributed by atoms with E-state index < -0.39 is 5.41 Å². The van der Waals surface area contributed by atoms with Crippen LogP contribution in [0.15, 0.2) is 24.3 Å². The van der Waals surface area contributed by atoms with Crippen LogP contribution in [-0.4, -0.2) is 17.6 Å². The maximum absolute atomic E-state index is 11.8. The molecule has 0 unspecified atom stereocenters. The average molecular weight is 205 g/mol. The summed E-state index contributed by atoms with van der Waals surface area (Å²) in [5.41, 5.74) is 1.38. The second-order valence-corrected chi connectivity index (χ2v) is 4.21. The highest BCUT2D eigenvalue weighted by Gasteiger charge is 2.49. The van der Waals surface area contributed by atoms with Gasteiger partial charge in [-0.1, -0.05) is 18.2 Å². The van der Waals surface area contributed by atoms with Gasteiger partial charge in [0.2, 0.25) is 5.91 Å². The molecule has 1 aliphatic rings. The zero-order chi connectivity index (χ0) is 10.9. The summed E-state index contributed by atoms with van der Waals surface area (Å²) in [7, 11) is 0. The molecule has 0 aromatic heterocycles. The highest BCUT2D eigenvalue weighted by Crippen LogP contribution is 2.45. The van der Waals surface area contributed by atoms with E-state index in [4.69, 9.17) is 5.11 Å². The Kier molecular flexibility index (Phi) is 2.49. The van der Waals surface area contributed by atoms with Gasteiger partial charge in [0, 0.05) is 5.69 Å². The number of aryl methyl sites for hydroxylation is 1. The van der Waals surface area contributed by atoms with Gasteiger partial charge >= 0.3 is 0 Å². The van der Waals surface area contributed by atoms with Gasteiger partial charge in [-0.2, -0.15) is 0 Å². The number of benzene rings is 1. The molecule has 1 saturated carbocycles. The Hall–Kier alpha value is -1.35. The van der Waals surface area contributed by atoms with Crippen LogP contribution in [0.2, 0.25) is 0 Å². The van der Waals surface area contributed by atoms with Crippen LogP contribution in [0, 0.1) is 12.3 Å². The minimum atomic E-state index is -0.498. The van der Waals surface area contributed by atoms with E-state index >= 15 is 0 Å². The standard InChI is InChI=1S/C12H15NO2/c1-9-4-2-3-5-10(9)13-11(15)12(8-14)6-7-12/h2-5,14H,6-8H2,1H3,(H,13,15). The molecular formula is C12H15NO2. The maximum Gasteiger partial charge on any atom is 0.232 e. The third-order valence-electron chi connectivity index (χ3n) is 3.03. The maximum atomic E-state index is 11.8. The number of nitrogens with one attached hydrogen (secondary N) is 1. The van der Waals surface area contributed by atoms with Crippen LogP contribution in [0.25, 0.3) is 0 Å². The van der Waals surface area contributed by atoms with Crippen molar-refractivity contribution in [1.82, 2.24) is 0 Å². The summed E-state index contributed by atoms with van der Waals surface area (Å²) in [5, 5.41) is 12.0. The molecule has 2 rings (SSSR count). The minimum absolute atomic E-state index is 0.0509. The van der Waals surface area contributed by atoms with Crippen LogP contribution in [-0.2, 0) is 4.79 Å². The topological polar surface area (TPSA) is 49.3 Å². The number of anilines is 1. The second kappa shape index (κ2) is 3.66. The zero-order valence-corrected chi connectivity index (χ0v) is 8.79. The lowest BCUT2D eigenvalue weighted by molar-refractivity contribution is -0.122. The predicted molar refractivity (Wildman–Crippen MR) is 58.6 cm³/mol. The Labute approximate surface area is 89.1 Å². The van der Waals surface area contributed by atoms with E-state index in [9.17, 15) is 4.79 Å². The van der Waals surface area contributed by atoms with Crippen molar-refractivity contribution in [1.29, 1.82) is 0 Å². The monoisotopic (exact) mass is 205 g/mol. The summed E-state index contributed by atoms with van der Waals surface area (Å²) < 4.78 is 0. The van der Waals surface area contributed by atoms with Crippen molar-refractivity contribution in [2.75, 3.05) is 11.9 Å². The van der Waals surface area contributed by atoms with Gasteiger partial charge < -0.3 is 10.4 Å². The molecule has 0 bridgehead atoms. The summed E-state index contributed by atoms with van der Waals surface area (Å²) in [6.07, 6.45) is 1.59. The molecule has 80 valence electrons. The van der Waals surface area contributed by atoms with Crippen molar-refractivity contribution < 1.29 is 9.90 Å². The van der Waals surface area contributed by atoms with Gasteiger partial charge in [0.15, 0.2) is 0 Å². The van der Waals surface area contributed by atoms with Crippen molar-refractivity contribution in [2.45, 2.75) is 19.8 Å². The lowest BCUT2D eigenvalue weighted by atomic mass is 10.1. The van der Waals surface area contributed by atoms with Gasteiger partial charge in [0.1, 0.15) is 0 Å². The highest BCUT2D eigenvalue weighted by atomic mass is 16.3. The van der Waals surface area contributed by atoms with Gasteiger partial charge in [-0.15, -0.1) is 0 Å². The molecule has 3 heteroatoms. The molecule has 1 aromatic rings. The number of aliphatic hydroxyl groups excluding tert-OH is 1. The van der Waals surface area contributed by atoms with E-state index in [1.165, 1.54) is 0 Å². The Bertz CT molecular complexity index is 383.